The number of alkyl carbamates (subject to hydrolysis) is 1. The van der Waals surface area contributed by atoms with E-state index in [1.807, 2.05) is 30.3 Å². The molecule has 0 aliphatic heterocycles. The van der Waals surface area contributed by atoms with Gasteiger partial charge in [-0.3, -0.25) is 0 Å². The van der Waals surface area contributed by atoms with E-state index in [1.54, 1.807) is 0 Å². The molecular formula is C15H21NO3. The highest BCUT2D eigenvalue weighted by atomic mass is 16.5. The molecule has 0 aromatic heterocycles. The molecule has 1 aromatic carbocycles. The molecule has 1 aliphatic rings. The van der Waals surface area contributed by atoms with Crippen molar-refractivity contribution in [2.24, 2.45) is 5.92 Å². The normalized spacial score (nSPS) is 15.8. The molecule has 0 unspecified atom stereocenters. The number of carbonyl (C=O) groups is 1. The number of aliphatic hydroxyl groups is 1. The molecule has 2 rings (SSSR count). The number of nitrogens with one attached hydrogen (secondary N) is 1. The highest BCUT2D eigenvalue weighted by molar-refractivity contribution is 5.67. The Kier molecular flexibility index (Phi) is 5.21. The van der Waals surface area contributed by atoms with Crippen molar-refractivity contribution >= 4 is 6.09 Å². The lowest BCUT2D eigenvalue weighted by molar-refractivity contribution is 0.127. The second-order valence-corrected chi connectivity index (χ2v) is 5.11. The lowest BCUT2D eigenvalue weighted by atomic mass is 10.1. The summed E-state index contributed by atoms with van der Waals surface area (Å²) in [6.07, 6.45) is 4.01. The highest BCUT2D eigenvalue weighted by Crippen LogP contribution is 2.33. The minimum absolute atomic E-state index is 0.0346. The maximum atomic E-state index is 11.6. The van der Waals surface area contributed by atoms with Crippen molar-refractivity contribution in [1.29, 1.82) is 0 Å². The third kappa shape index (κ3) is 5.30. The van der Waals surface area contributed by atoms with Crippen LogP contribution in [-0.4, -0.2) is 23.8 Å². The molecule has 1 atom stereocenters. The standard InChI is InChI=1S/C15H21NO3/c17-10-14(9-8-12-6-7-12)16-15(18)19-11-13-4-2-1-3-5-13/h1-5,12,14,17H,6-11H2,(H,16,18)/t14-/m1/s1. The summed E-state index contributed by atoms with van der Waals surface area (Å²) in [6, 6.07) is 9.35. The fourth-order valence-corrected chi connectivity index (χ4v) is 1.98. The Hall–Kier alpha value is -1.55. The molecule has 104 valence electrons. The Morgan fingerprint density at radius 2 is 2.11 bits per heavy atom. The van der Waals surface area contributed by atoms with Crippen LogP contribution < -0.4 is 5.32 Å². The van der Waals surface area contributed by atoms with Crippen LogP contribution in [0, 0.1) is 5.92 Å². The quantitative estimate of drug-likeness (QED) is 0.794. The Balaban J connectivity index is 1.66. The lowest BCUT2D eigenvalue weighted by Gasteiger charge is -2.16. The Morgan fingerprint density at radius 1 is 1.37 bits per heavy atom. The predicted octanol–water partition coefficient (Wildman–Crippen LogP) is 2.46. The zero-order valence-electron chi connectivity index (χ0n) is 11.0. The second kappa shape index (κ2) is 7.14. The van der Waals surface area contributed by atoms with Crippen molar-refractivity contribution in [2.75, 3.05) is 6.61 Å². The molecule has 0 radical (unpaired) electrons. The fraction of sp³-hybridized carbons (Fsp3) is 0.533. The molecule has 1 aliphatic carbocycles. The molecule has 4 heteroatoms. The Morgan fingerprint density at radius 3 is 2.74 bits per heavy atom. The van der Waals surface area contributed by atoms with Gasteiger partial charge < -0.3 is 15.2 Å². The summed E-state index contributed by atoms with van der Waals surface area (Å²) in [6.45, 7) is 0.223. The van der Waals surface area contributed by atoms with Gasteiger partial charge in [-0.1, -0.05) is 43.2 Å². The Bertz CT molecular complexity index is 390. The zero-order valence-corrected chi connectivity index (χ0v) is 11.0. The summed E-state index contributed by atoms with van der Waals surface area (Å²) >= 11 is 0. The number of amides is 1. The number of carbonyl (C=O) groups excluding carboxylic acids is 1. The van der Waals surface area contributed by atoms with Crippen molar-refractivity contribution in [2.45, 2.75) is 38.3 Å². The topological polar surface area (TPSA) is 58.6 Å². The minimum atomic E-state index is -0.460. The van der Waals surface area contributed by atoms with Crippen LogP contribution in [0.5, 0.6) is 0 Å². The van der Waals surface area contributed by atoms with E-state index in [2.05, 4.69) is 5.32 Å². The van der Waals surface area contributed by atoms with E-state index in [1.165, 1.54) is 12.8 Å². The van der Waals surface area contributed by atoms with E-state index < -0.39 is 6.09 Å². The van der Waals surface area contributed by atoms with Gasteiger partial charge in [0.2, 0.25) is 0 Å². The third-order valence-corrected chi connectivity index (χ3v) is 3.38. The monoisotopic (exact) mass is 263 g/mol. The van der Waals surface area contributed by atoms with Gasteiger partial charge in [0.05, 0.1) is 12.6 Å². The van der Waals surface area contributed by atoms with Gasteiger partial charge in [0.15, 0.2) is 0 Å². The van der Waals surface area contributed by atoms with Crippen molar-refractivity contribution < 1.29 is 14.6 Å². The predicted molar refractivity (Wildman–Crippen MR) is 72.6 cm³/mol. The molecule has 1 amide bonds. The van der Waals surface area contributed by atoms with Crippen LogP contribution >= 0.6 is 0 Å². The van der Waals surface area contributed by atoms with Crippen LogP contribution in [0.15, 0.2) is 30.3 Å². The zero-order chi connectivity index (χ0) is 13.5. The summed E-state index contributed by atoms with van der Waals surface area (Å²) in [5.41, 5.74) is 0.955. The van der Waals surface area contributed by atoms with E-state index in [9.17, 15) is 9.90 Å². The first-order valence-electron chi connectivity index (χ1n) is 6.86. The van der Waals surface area contributed by atoms with E-state index in [0.717, 1.165) is 24.3 Å². The van der Waals surface area contributed by atoms with Crippen LogP contribution in [-0.2, 0) is 11.3 Å². The SMILES string of the molecule is O=C(N[C@@H](CO)CCC1CC1)OCc1ccccc1. The molecule has 0 saturated heterocycles. The van der Waals surface area contributed by atoms with Gasteiger partial charge in [-0.25, -0.2) is 4.79 Å². The molecule has 19 heavy (non-hydrogen) atoms. The van der Waals surface area contributed by atoms with E-state index in [4.69, 9.17) is 4.74 Å². The van der Waals surface area contributed by atoms with E-state index in [-0.39, 0.29) is 19.3 Å². The smallest absolute Gasteiger partial charge is 0.407 e. The van der Waals surface area contributed by atoms with Crippen LogP contribution in [0.4, 0.5) is 4.79 Å². The van der Waals surface area contributed by atoms with Crippen LogP contribution in [0.2, 0.25) is 0 Å². The van der Waals surface area contributed by atoms with Crippen LogP contribution in [0.1, 0.15) is 31.2 Å². The Labute approximate surface area is 113 Å². The first-order chi connectivity index (χ1) is 9.28. The molecule has 1 fully saturated rings. The largest absolute Gasteiger partial charge is 0.445 e. The van der Waals surface area contributed by atoms with Gasteiger partial charge in [0.1, 0.15) is 6.61 Å². The van der Waals surface area contributed by atoms with E-state index >= 15 is 0 Å². The maximum Gasteiger partial charge on any atom is 0.407 e. The van der Waals surface area contributed by atoms with Crippen molar-refractivity contribution in [3.8, 4) is 0 Å². The number of hydrogen-bond acceptors (Lipinski definition) is 3. The van der Waals surface area contributed by atoms with Crippen molar-refractivity contribution in [1.82, 2.24) is 5.32 Å². The molecular weight excluding hydrogens is 242 g/mol. The number of aliphatic hydroxyl groups excluding tert-OH is 1. The summed E-state index contributed by atoms with van der Waals surface area (Å²) in [5, 5.41) is 11.9. The van der Waals surface area contributed by atoms with Gasteiger partial charge in [0.25, 0.3) is 0 Å². The summed E-state index contributed by atoms with van der Waals surface area (Å²) in [5.74, 6) is 0.802. The maximum absolute atomic E-state index is 11.6. The van der Waals surface area contributed by atoms with Gasteiger partial charge in [-0.05, 0) is 24.3 Å². The summed E-state index contributed by atoms with van der Waals surface area (Å²) in [7, 11) is 0. The number of hydrogen-bond donors (Lipinski definition) is 2. The lowest BCUT2D eigenvalue weighted by Crippen LogP contribution is -2.37. The summed E-state index contributed by atoms with van der Waals surface area (Å²) in [4.78, 5) is 11.6. The molecule has 0 spiro atoms. The minimum Gasteiger partial charge on any atom is -0.445 e. The molecule has 2 N–H and O–H groups in total. The van der Waals surface area contributed by atoms with Gasteiger partial charge in [-0.2, -0.15) is 0 Å². The number of rotatable bonds is 7. The van der Waals surface area contributed by atoms with E-state index in [0.29, 0.717) is 0 Å². The number of benzene rings is 1. The average Bonchev–Trinajstić information content (AvgIpc) is 3.26. The molecule has 1 aromatic rings. The highest BCUT2D eigenvalue weighted by Gasteiger charge is 2.23. The first kappa shape index (κ1) is 13.9. The van der Waals surface area contributed by atoms with Gasteiger partial charge in [0, 0.05) is 0 Å². The molecule has 1 saturated carbocycles. The van der Waals surface area contributed by atoms with Crippen molar-refractivity contribution in [3.05, 3.63) is 35.9 Å². The number of ether oxygens (including phenoxy) is 1. The van der Waals surface area contributed by atoms with Gasteiger partial charge >= 0.3 is 6.09 Å². The van der Waals surface area contributed by atoms with Crippen LogP contribution in [0.25, 0.3) is 0 Å². The van der Waals surface area contributed by atoms with Crippen LogP contribution in [0.3, 0.4) is 0 Å². The second-order valence-electron chi connectivity index (χ2n) is 5.11. The molecule has 0 heterocycles. The van der Waals surface area contributed by atoms with Gasteiger partial charge in [-0.15, -0.1) is 0 Å². The first-order valence-corrected chi connectivity index (χ1v) is 6.86. The third-order valence-electron chi connectivity index (χ3n) is 3.38. The fourth-order valence-electron chi connectivity index (χ4n) is 1.98. The summed E-state index contributed by atoms with van der Waals surface area (Å²) < 4.78 is 5.12. The average molecular weight is 263 g/mol. The molecule has 0 bridgehead atoms. The van der Waals surface area contributed by atoms with Crippen molar-refractivity contribution in [3.63, 3.8) is 0 Å². The molecule has 4 nitrogen and oxygen atoms in total.